The lowest BCUT2D eigenvalue weighted by atomic mass is 10.2. The Hall–Kier alpha value is -3.48. The highest BCUT2D eigenvalue weighted by Gasteiger charge is 2.16. The standard InChI is InChI=1S/C20H20N4O3/c1-14-20(15(2)24(23-14)17-8-4-3-5-9-17)22-18(25)13-27-19(26)11-16-7-6-10-21-12-16/h3-10,12H,11,13H2,1-2H3,(H,22,25). The molecule has 7 nitrogen and oxygen atoms in total. The predicted molar refractivity (Wildman–Crippen MR) is 101 cm³/mol. The van der Waals surface area contributed by atoms with Crippen LogP contribution in [0.1, 0.15) is 17.0 Å². The van der Waals surface area contributed by atoms with E-state index in [-0.39, 0.29) is 13.0 Å². The first kappa shape index (κ1) is 18.3. The molecular formula is C20H20N4O3. The van der Waals surface area contributed by atoms with E-state index in [1.807, 2.05) is 44.2 Å². The molecule has 0 spiro atoms. The molecule has 0 aliphatic heterocycles. The highest BCUT2D eigenvalue weighted by molar-refractivity contribution is 5.94. The number of ether oxygens (including phenoxy) is 1. The lowest BCUT2D eigenvalue weighted by Gasteiger charge is -2.08. The second-order valence-electron chi connectivity index (χ2n) is 6.04. The first-order chi connectivity index (χ1) is 13.0. The van der Waals surface area contributed by atoms with Gasteiger partial charge >= 0.3 is 5.97 Å². The van der Waals surface area contributed by atoms with Gasteiger partial charge in [0.05, 0.1) is 29.2 Å². The molecule has 0 unspecified atom stereocenters. The summed E-state index contributed by atoms with van der Waals surface area (Å²) in [6.07, 6.45) is 3.29. The molecule has 0 aliphatic rings. The summed E-state index contributed by atoms with van der Waals surface area (Å²) in [7, 11) is 0. The summed E-state index contributed by atoms with van der Waals surface area (Å²) >= 11 is 0. The van der Waals surface area contributed by atoms with Gasteiger partial charge in [-0.05, 0) is 37.6 Å². The molecule has 0 bridgehead atoms. The summed E-state index contributed by atoms with van der Waals surface area (Å²) in [5, 5.41) is 7.25. The van der Waals surface area contributed by atoms with Gasteiger partial charge in [0.25, 0.3) is 5.91 Å². The average Bonchev–Trinajstić information content (AvgIpc) is 2.96. The third kappa shape index (κ3) is 4.58. The molecule has 1 amide bonds. The summed E-state index contributed by atoms with van der Waals surface area (Å²) < 4.78 is 6.81. The number of anilines is 1. The number of rotatable bonds is 6. The van der Waals surface area contributed by atoms with Crippen LogP contribution in [0.3, 0.4) is 0 Å². The summed E-state index contributed by atoms with van der Waals surface area (Å²) in [6.45, 7) is 3.34. The van der Waals surface area contributed by atoms with E-state index in [1.54, 1.807) is 29.2 Å². The van der Waals surface area contributed by atoms with Crippen molar-refractivity contribution in [2.45, 2.75) is 20.3 Å². The summed E-state index contributed by atoms with van der Waals surface area (Å²) in [6, 6.07) is 13.2. The maximum Gasteiger partial charge on any atom is 0.310 e. The van der Waals surface area contributed by atoms with E-state index < -0.39 is 11.9 Å². The van der Waals surface area contributed by atoms with Crippen molar-refractivity contribution in [1.29, 1.82) is 0 Å². The van der Waals surface area contributed by atoms with Gasteiger partial charge in [0.1, 0.15) is 0 Å². The number of aromatic nitrogens is 3. The molecule has 0 saturated carbocycles. The highest BCUT2D eigenvalue weighted by Crippen LogP contribution is 2.22. The smallest absolute Gasteiger partial charge is 0.310 e. The number of esters is 1. The molecule has 2 heterocycles. The van der Waals surface area contributed by atoms with Crippen LogP contribution in [0.4, 0.5) is 5.69 Å². The zero-order chi connectivity index (χ0) is 19.2. The van der Waals surface area contributed by atoms with Gasteiger partial charge in [-0.1, -0.05) is 24.3 Å². The van der Waals surface area contributed by atoms with Crippen LogP contribution in [0, 0.1) is 13.8 Å². The van der Waals surface area contributed by atoms with Crippen molar-refractivity contribution >= 4 is 17.6 Å². The summed E-state index contributed by atoms with van der Waals surface area (Å²) in [5.41, 5.74) is 3.74. The van der Waals surface area contributed by atoms with Gasteiger partial charge in [-0.15, -0.1) is 0 Å². The van der Waals surface area contributed by atoms with Crippen LogP contribution in [0.2, 0.25) is 0 Å². The number of amides is 1. The molecule has 3 aromatic rings. The highest BCUT2D eigenvalue weighted by atomic mass is 16.5. The minimum Gasteiger partial charge on any atom is -0.455 e. The number of benzene rings is 1. The van der Waals surface area contributed by atoms with Crippen molar-refractivity contribution in [3.05, 3.63) is 71.8 Å². The SMILES string of the molecule is Cc1nn(-c2ccccc2)c(C)c1NC(=O)COC(=O)Cc1cccnc1. The molecule has 0 radical (unpaired) electrons. The van der Waals surface area contributed by atoms with Crippen molar-refractivity contribution in [2.75, 3.05) is 11.9 Å². The van der Waals surface area contributed by atoms with Crippen LogP contribution in [-0.2, 0) is 20.7 Å². The molecule has 3 rings (SSSR count). The van der Waals surface area contributed by atoms with Gasteiger partial charge in [0.15, 0.2) is 6.61 Å². The minimum absolute atomic E-state index is 0.0745. The van der Waals surface area contributed by atoms with Crippen LogP contribution in [0.5, 0.6) is 0 Å². The first-order valence-corrected chi connectivity index (χ1v) is 8.50. The lowest BCUT2D eigenvalue weighted by Crippen LogP contribution is -2.22. The summed E-state index contributed by atoms with van der Waals surface area (Å²) in [5.74, 6) is -0.889. The quantitative estimate of drug-likeness (QED) is 0.680. The number of aryl methyl sites for hydroxylation is 1. The van der Waals surface area contributed by atoms with E-state index in [0.717, 1.165) is 16.9 Å². The number of hydrogen-bond acceptors (Lipinski definition) is 5. The van der Waals surface area contributed by atoms with Gasteiger partial charge in [-0.25, -0.2) is 4.68 Å². The number of nitrogens with zero attached hydrogens (tertiary/aromatic N) is 3. The monoisotopic (exact) mass is 364 g/mol. The molecule has 1 aromatic carbocycles. The molecule has 27 heavy (non-hydrogen) atoms. The zero-order valence-electron chi connectivity index (χ0n) is 15.2. The van der Waals surface area contributed by atoms with Crippen molar-refractivity contribution < 1.29 is 14.3 Å². The van der Waals surface area contributed by atoms with Crippen LogP contribution in [-0.4, -0.2) is 33.2 Å². The van der Waals surface area contributed by atoms with Crippen LogP contribution in [0.25, 0.3) is 5.69 Å². The van der Waals surface area contributed by atoms with Gasteiger partial charge in [-0.2, -0.15) is 5.10 Å². The zero-order valence-corrected chi connectivity index (χ0v) is 15.2. The lowest BCUT2D eigenvalue weighted by molar-refractivity contribution is -0.146. The van der Waals surface area contributed by atoms with Gasteiger partial charge in [0, 0.05) is 12.4 Å². The van der Waals surface area contributed by atoms with E-state index >= 15 is 0 Å². The molecule has 0 saturated heterocycles. The fourth-order valence-electron chi connectivity index (χ4n) is 2.69. The van der Waals surface area contributed by atoms with Crippen molar-refractivity contribution in [2.24, 2.45) is 0 Å². The minimum atomic E-state index is -0.480. The Balaban J connectivity index is 1.60. The maximum absolute atomic E-state index is 12.2. The Morgan fingerprint density at radius 3 is 2.59 bits per heavy atom. The normalized spacial score (nSPS) is 10.4. The van der Waals surface area contributed by atoms with Gasteiger partial charge in [0.2, 0.25) is 0 Å². The largest absolute Gasteiger partial charge is 0.455 e. The number of para-hydroxylation sites is 1. The van der Waals surface area contributed by atoms with E-state index in [0.29, 0.717) is 11.4 Å². The van der Waals surface area contributed by atoms with Crippen LogP contribution in [0.15, 0.2) is 54.9 Å². The molecule has 0 fully saturated rings. The molecule has 1 N–H and O–H groups in total. The number of hydrogen-bond donors (Lipinski definition) is 1. The van der Waals surface area contributed by atoms with Crippen LogP contribution >= 0.6 is 0 Å². The van der Waals surface area contributed by atoms with E-state index in [1.165, 1.54) is 0 Å². The van der Waals surface area contributed by atoms with Crippen molar-refractivity contribution in [1.82, 2.24) is 14.8 Å². The predicted octanol–water partition coefficient (Wildman–Crippen LogP) is 2.61. The second-order valence-corrected chi connectivity index (χ2v) is 6.04. The van der Waals surface area contributed by atoms with Gasteiger partial charge in [-0.3, -0.25) is 14.6 Å². The molecular weight excluding hydrogens is 344 g/mol. The molecule has 2 aromatic heterocycles. The molecule has 0 atom stereocenters. The average molecular weight is 364 g/mol. The molecule has 7 heteroatoms. The van der Waals surface area contributed by atoms with Crippen LogP contribution < -0.4 is 5.32 Å². The third-order valence-electron chi connectivity index (χ3n) is 3.99. The number of carbonyl (C=O) groups excluding carboxylic acids is 2. The topological polar surface area (TPSA) is 86.1 Å². The molecule has 138 valence electrons. The van der Waals surface area contributed by atoms with Crippen molar-refractivity contribution in [3.8, 4) is 5.69 Å². The van der Waals surface area contributed by atoms with E-state index in [2.05, 4.69) is 15.4 Å². The van der Waals surface area contributed by atoms with Crippen molar-refractivity contribution in [3.63, 3.8) is 0 Å². The second kappa shape index (κ2) is 8.27. The summed E-state index contributed by atoms with van der Waals surface area (Å²) in [4.78, 5) is 28.0. The first-order valence-electron chi connectivity index (χ1n) is 8.50. The Bertz CT molecular complexity index is 937. The van der Waals surface area contributed by atoms with E-state index in [4.69, 9.17) is 4.74 Å². The number of nitrogens with one attached hydrogen (secondary N) is 1. The fraction of sp³-hybridized carbons (Fsp3) is 0.200. The third-order valence-corrected chi connectivity index (χ3v) is 3.99. The Kier molecular flexibility index (Phi) is 5.61. The fourth-order valence-corrected chi connectivity index (χ4v) is 2.69. The number of carbonyl (C=O) groups is 2. The Morgan fingerprint density at radius 2 is 1.89 bits per heavy atom. The Morgan fingerprint density at radius 1 is 1.11 bits per heavy atom. The van der Waals surface area contributed by atoms with E-state index in [9.17, 15) is 9.59 Å². The molecule has 0 aliphatic carbocycles. The Labute approximate surface area is 157 Å². The van der Waals surface area contributed by atoms with Gasteiger partial charge < -0.3 is 10.1 Å². The maximum atomic E-state index is 12.2. The number of pyridine rings is 1.